The van der Waals surface area contributed by atoms with E-state index in [1.165, 1.54) is 6.42 Å². The van der Waals surface area contributed by atoms with Crippen LogP contribution in [0.5, 0.6) is 0 Å². The first-order chi connectivity index (χ1) is 10.5. The van der Waals surface area contributed by atoms with Crippen LogP contribution in [-0.4, -0.2) is 61.4 Å². The van der Waals surface area contributed by atoms with Crippen LogP contribution in [0.1, 0.15) is 51.9 Å². The summed E-state index contributed by atoms with van der Waals surface area (Å²) in [5.41, 5.74) is -0.733. The Hall–Kier alpha value is -1.10. The first-order valence-electron chi connectivity index (χ1n) is 8.75. The van der Waals surface area contributed by atoms with Crippen molar-refractivity contribution >= 4 is 11.8 Å². The summed E-state index contributed by atoms with van der Waals surface area (Å²) in [6.45, 7) is 4.57. The van der Waals surface area contributed by atoms with Crippen LogP contribution >= 0.6 is 0 Å². The number of piperidine rings is 1. The fraction of sp³-hybridized carbons (Fsp3) is 0.882. The molecule has 1 saturated carbocycles. The third-order valence-electron chi connectivity index (χ3n) is 5.02. The minimum absolute atomic E-state index is 0.0447. The summed E-state index contributed by atoms with van der Waals surface area (Å²) in [7, 11) is 4.05. The van der Waals surface area contributed by atoms with Crippen LogP contribution in [0.15, 0.2) is 0 Å². The fourth-order valence-corrected chi connectivity index (χ4v) is 3.40. The summed E-state index contributed by atoms with van der Waals surface area (Å²) in [4.78, 5) is 29.5. The number of nitrogens with zero attached hydrogens (tertiary/aromatic N) is 2. The molecule has 0 spiro atoms. The van der Waals surface area contributed by atoms with Crippen molar-refractivity contribution in [1.29, 1.82) is 0 Å². The molecular formula is C17H31N3O2. The Morgan fingerprint density at radius 3 is 2.59 bits per heavy atom. The van der Waals surface area contributed by atoms with Gasteiger partial charge >= 0.3 is 0 Å². The van der Waals surface area contributed by atoms with Crippen LogP contribution in [0.4, 0.5) is 0 Å². The highest BCUT2D eigenvalue weighted by atomic mass is 16.2. The maximum absolute atomic E-state index is 12.9. The zero-order valence-corrected chi connectivity index (χ0v) is 14.4. The minimum Gasteiger partial charge on any atom is -0.355 e. The highest BCUT2D eigenvalue weighted by molar-refractivity contribution is 6.08. The molecule has 1 aliphatic carbocycles. The number of rotatable bonds is 7. The molecule has 0 bridgehead atoms. The molecule has 0 aromatic heterocycles. The van der Waals surface area contributed by atoms with Gasteiger partial charge in [0.05, 0.1) is 0 Å². The Bertz CT molecular complexity index is 405. The monoisotopic (exact) mass is 309 g/mol. The largest absolute Gasteiger partial charge is 0.355 e. The highest BCUT2D eigenvalue weighted by Gasteiger charge is 2.58. The Morgan fingerprint density at radius 2 is 2.00 bits per heavy atom. The second-order valence-corrected chi connectivity index (χ2v) is 7.05. The number of carbonyl (C=O) groups is 2. The van der Waals surface area contributed by atoms with Crippen molar-refractivity contribution in [3.63, 3.8) is 0 Å². The summed E-state index contributed by atoms with van der Waals surface area (Å²) in [5, 5.41) is 2.98. The summed E-state index contributed by atoms with van der Waals surface area (Å²) in [6, 6.07) is 0.334. The van der Waals surface area contributed by atoms with Crippen molar-refractivity contribution in [3.05, 3.63) is 0 Å². The smallest absolute Gasteiger partial charge is 0.238 e. The van der Waals surface area contributed by atoms with Gasteiger partial charge in [-0.15, -0.1) is 0 Å². The Kier molecular flexibility index (Phi) is 5.84. The average molecular weight is 309 g/mol. The van der Waals surface area contributed by atoms with Gasteiger partial charge < -0.3 is 15.1 Å². The Labute approximate surface area is 134 Å². The second-order valence-electron chi connectivity index (χ2n) is 7.05. The molecule has 5 heteroatoms. The van der Waals surface area contributed by atoms with Gasteiger partial charge in [-0.1, -0.05) is 6.92 Å². The number of nitrogens with one attached hydrogen (secondary N) is 1. The molecule has 0 aromatic carbocycles. The molecule has 5 nitrogen and oxygen atoms in total. The number of likely N-dealkylation sites (tertiary alicyclic amines) is 1. The van der Waals surface area contributed by atoms with Crippen LogP contribution in [0.3, 0.4) is 0 Å². The molecule has 1 atom stereocenters. The molecule has 1 unspecified atom stereocenters. The minimum atomic E-state index is -0.733. The Morgan fingerprint density at radius 1 is 1.27 bits per heavy atom. The molecule has 2 aliphatic rings. The van der Waals surface area contributed by atoms with E-state index in [1.54, 1.807) is 0 Å². The standard InChI is InChI=1S/C17H31N3O2/c1-4-14-8-5-6-13-20(14)16(22)17(9-10-17)15(21)18-11-7-12-19(2)3/h14H,4-13H2,1-3H3,(H,18,21). The van der Waals surface area contributed by atoms with Gasteiger partial charge in [-0.05, 0) is 65.6 Å². The highest BCUT2D eigenvalue weighted by Crippen LogP contribution is 2.48. The van der Waals surface area contributed by atoms with Gasteiger partial charge in [0.15, 0.2) is 0 Å². The van der Waals surface area contributed by atoms with Gasteiger partial charge in [-0.3, -0.25) is 9.59 Å². The van der Waals surface area contributed by atoms with E-state index in [9.17, 15) is 9.59 Å². The molecule has 1 saturated heterocycles. The van der Waals surface area contributed by atoms with E-state index < -0.39 is 5.41 Å². The van der Waals surface area contributed by atoms with E-state index >= 15 is 0 Å². The van der Waals surface area contributed by atoms with Gasteiger partial charge in [-0.25, -0.2) is 0 Å². The third-order valence-corrected chi connectivity index (χ3v) is 5.02. The zero-order chi connectivity index (χ0) is 16.2. The molecule has 2 rings (SSSR count). The van der Waals surface area contributed by atoms with Crippen LogP contribution in [0, 0.1) is 5.41 Å². The van der Waals surface area contributed by atoms with Gasteiger partial charge in [0, 0.05) is 19.1 Å². The maximum Gasteiger partial charge on any atom is 0.238 e. The quantitative estimate of drug-likeness (QED) is 0.574. The second kappa shape index (κ2) is 7.44. The first-order valence-corrected chi connectivity index (χ1v) is 8.75. The molecule has 0 aromatic rings. The number of hydrogen-bond acceptors (Lipinski definition) is 3. The Balaban J connectivity index is 1.89. The number of amides is 2. The predicted molar refractivity (Wildman–Crippen MR) is 87.5 cm³/mol. The third kappa shape index (κ3) is 3.80. The van der Waals surface area contributed by atoms with Crippen molar-refractivity contribution in [2.45, 2.75) is 57.9 Å². The summed E-state index contributed by atoms with van der Waals surface area (Å²) in [6.07, 6.45) is 6.71. The lowest BCUT2D eigenvalue weighted by atomic mass is 9.95. The van der Waals surface area contributed by atoms with Crippen molar-refractivity contribution in [1.82, 2.24) is 15.1 Å². The van der Waals surface area contributed by atoms with Crippen LogP contribution in [-0.2, 0) is 9.59 Å². The molecule has 1 aliphatic heterocycles. The summed E-state index contributed by atoms with van der Waals surface area (Å²) in [5.74, 6) is 0.0424. The average Bonchev–Trinajstić information content (AvgIpc) is 3.32. The molecule has 1 N–H and O–H groups in total. The van der Waals surface area contributed by atoms with Gasteiger partial charge in [0.1, 0.15) is 5.41 Å². The predicted octanol–water partition coefficient (Wildman–Crippen LogP) is 1.63. The van der Waals surface area contributed by atoms with Crippen molar-refractivity contribution in [2.75, 3.05) is 33.7 Å². The van der Waals surface area contributed by atoms with E-state index in [1.807, 2.05) is 19.0 Å². The van der Waals surface area contributed by atoms with Crippen LogP contribution < -0.4 is 5.32 Å². The molecule has 0 radical (unpaired) electrons. The maximum atomic E-state index is 12.9. The molecule has 1 heterocycles. The molecule has 2 amide bonds. The van der Waals surface area contributed by atoms with E-state index in [0.29, 0.717) is 12.6 Å². The summed E-state index contributed by atoms with van der Waals surface area (Å²) >= 11 is 0. The van der Waals surface area contributed by atoms with Crippen molar-refractivity contribution < 1.29 is 9.59 Å². The molecule has 126 valence electrons. The number of carbonyl (C=O) groups excluding carboxylic acids is 2. The lowest BCUT2D eigenvalue weighted by Gasteiger charge is -2.37. The van der Waals surface area contributed by atoms with Gasteiger partial charge in [0.25, 0.3) is 0 Å². The molecule has 2 fully saturated rings. The van der Waals surface area contributed by atoms with E-state index in [-0.39, 0.29) is 11.8 Å². The van der Waals surface area contributed by atoms with Crippen LogP contribution in [0.25, 0.3) is 0 Å². The lowest BCUT2D eigenvalue weighted by molar-refractivity contribution is -0.147. The zero-order valence-electron chi connectivity index (χ0n) is 14.4. The first kappa shape index (κ1) is 17.3. The van der Waals surface area contributed by atoms with E-state index in [2.05, 4.69) is 17.1 Å². The van der Waals surface area contributed by atoms with Gasteiger partial charge in [-0.2, -0.15) is 0 Å². The fourth-order valence-electron chi connectivity index (χ4n) is 3.40. The summed E-state index contributed by atoms with van der Waals surface area (Å²) < 4.78 is 0. The van der Waals surface area contributed by atoms with Gasteiger partial charge in [0.2, 0.25) is 11.8 Å². The van der Waals surface area contributed by atoms with Crippen molar-refractivity contribution in [3.8, 4) is 0 Å². The SMILES string of the molecule is CCC1CCCCN1C(=O)C1(C(=O)NCCCN(C)C)CC1. The topological polar surface area (TPSA) is 52.7 Å². The normalized spacial score (nSPS) is 23.5. The number of hydrogen-bond donors (Lipinski definition) is 1. The van der Waals surface area contributed by atoms with Crippen LogP contribution in [0.2, 0.25) is 0 Å². The van der Waals surface area contributed by atoms with E-state index in [0.717, 1.165) is 51.6 Å². The van der Waals surface area contributed by atoms with E-state index in [4.69, 9.17) is 0 Å². The lowest BCUT2D eigenvalue weighted by Crippen LogP contribution is -2.51. The molecule has 22 heavy (non-hydrogen) atoms. The molecular weight excluding hydrogens is 278 g/mol. The van der Waals surface area contributed by atoms with Crippen molar-refractivity contribution in [2.24, 2.45) is 5.41 Å².